The van der Waals surface area contributed by atoms with Gasteiger partial charge in [-0.3, -0.25) is 9.48 Å². The van der Waals surface area contributed by atoms with Gasteiger partial charge in [0.15, 0.2) is 0 Å². The highest BCUT2D eigenvalue weighted by atomic mass is 16.5. The van der Waals surface area contributed by atoms with Crippen LogP contribution in [0.4, 0.5) is 0 Å². The second kappa shape index (κ2) is 4.65. The van der Waals surface area contributed by atoms with Crippen molar-refractivity contribution >= 4 is 5.91 Å². The Morgan fingerprint density at radius 3 is 2.69 bits per heavy atom. The van der Waals surface area contributed by atoms with Crippen LogP contribution in [-0.4, -0.2) is 46.9 Å². The van der Waals surface area contributed by atoms with Crippen LogP contribution in [0.25, 0.3) is 0 Å². The first-order valence-corrected chi connectivity index (χ1v) is 5.60. The Morgan fingerprint density at radius 1 is 1.44 bits per heavy atom. The molecule has 5 heteroatoms. The minimum Gasteiger partial charge on any atom is -0.378 e. The molecule has 1 aromatic rings. The van der Waals surface area contributed by atoms with Gasteiger partial charge in [-0.25, -0.2) is 0 Å². The van der Waals surface area contributed by atoms with Gasteiger partial charge in [-0.1, -0.05) is 0 Å². The van der Waals surface area contributed by atoms with Gasteiger partial charge in [-0.2, -0.15) is 5.10 Å². The molecule has 0 saturated carbocycles. The van der Waals surface area contributed by atoms with Crippen molar-refractivity contribution in [1.82, 2.24) is 14.7 Å². The van der Waals surface area contributed by atoms with E-state index in [9.17, 15) is 4.79 Å². The van der Waals surface area contributed by atoms with Crippen LogP contribution in [0, 0.1) is 0 Å². The van der Waals surface area contributed by atoms with E-state index in [-0.39, 0.29) is 11.9 Å². The predicted molar refractivity (Wildman–Crippen MR) is 59.3 cm³/mol. The Balaban J connectivity index is 2.07. The summed E-state index contributed by atoms with van der Waals surface area (Å²) in [6.45, 7) is 6.64. The van der Waals surface area contributed by atoms with Gasteiger partial charge in [-0.15, -0.1) is 0 Å². The first-order valence-electron chi connectivity index (χ1n) is 5.60. The highest BCUT2D eigenvalue weighted by molar-refractivity contribution is 5.92. The maximum atomic E-state index is 12.0. The van der Waals surface area contributed by atoms with Gasteiger partial charge >= 0.3 is 0 Å². The first-order chi connectivity index (χ1) is 7.68. The molecule has 1 aromatic heterocycles. The van der Waals surface area contributed by atoms with Crippen LogP contribution in [-0.2, 0) is 4.74 Å². The number of aromatic nitrogens is 2. The summed E-state index contributed by atoms with van der Waals surface area (Å²) in [7, 11) is 0. The molecule has 1 aliphatic heterocycles. The molecule has 0 unspecified atom stereocenters. The van der Waals surface area contributed by atoms with Crippen LogP contribution in [0.3, 0.4) is 0 Å². The topological polar surface area (TPSA) is 47.4 Å². The maximum absolute atomic E-state index is 12.0. The smallest absolute Gasteiger partial charge is 0.274 e. The third-order valence-electron chi connectivity index (χ3n) is 2.65. The van der Waals surface area contributed by atoms with Crippen LogP contribution in [0.1, 0.15) is 30.4 Å². The Morgan fingerprint density at radius 2 is 2.12 bits per heavy atom. The highest BCUT2D eigenvalue weighted by Gasteiger charge is 2.20. The summed E-state index contributed by atoms with van der Waals surface area (Å²) >= 11 is 0. The van der Waals surface area contributed by atoms with Gasteiger partial charge in [-0.05, 0) is 19.9 Å². The Labute approximate surface area is 95.0 Å². The lowest BCUT2D eigenvalue weighted by Gasteiger charge is -2.25. The number of amides is 1. The van der Waals surface area contributed by atoms with Crippen LogP contribution in [0.2, 0.25) is 0 Å². The van der Waals surface area contributed by atoms with E-state index in [1.54, 1.807) is 15.6 Å². The molecule has 2 rings (SSSR count). The lowest BCUT2D eigenvalue weighted by atomic mass is 10.3. The molecule has 0 aliphatic carbocycles. The second-order valence-corrected chi connectivity index (χ2v) is 4.18. The average molecular weight is 223 g/mol. The molecule has 5 nitrogen and oxygen atoms in total. The third kappa shape index (κ3) is 2.24. The van der Waals surface area contributed by atoms with E-state index in [2.05, 4.69) is 5.10 Å². The highest BCUT2D eigenvalue weighted by Crippen LogP contribution is 2.08. The van der Waals surface area contributed by atoms with Crippen molar-refractivity contribution in [2.45, 2.75) is 19.9 Å². The molecular formula is C11H17N3O2. The van der Waals surface area contributed by atoms with E-state index < -0.39 is 0 Å². The molecule has 0 N–H and O–H groups in total. The number of hydrogen-bond donors (Lipinski definition) is 0. The predicted octanol–water partition coefficient (Wildman–Crippen LogP) is 0.936. The van der Waals surface area contributed by atoms with Crippen LogP contribution < -0.4 is 0 Å². The minimum absolute atomic E-state index is 0.00250. The normalized spacial score (nSPS) is 16.8. The summed E-state index contributed by atoms with van der Waals surface area (Å²) in [4.78, 5) is 13.8. The first kappa shape index (κ1) is 11.1. The van der Waals surface area contributed by atoms with Crippen molar-refractivity contribution in [2.75, 3.05) is 26.3 Å². The molecule has 0 radical (unpaired) electrons. The summed E-state index contributed by atoms with van der Waals surface area (Å²) in [5.41, 5.74) is 0.524. The Hall–Kier alpha value is -1.36. The minimum atomic E-state index is 0.00250. The zero-order chi connectivity index (χ0) is 11.5. The molecule has 1 amide bonds. The van der Waals surface area contributed by atoms with Crippen molar-refractivity contribution < 1.29 is 9.53 Å². The van der Waals surface area contributed by atoms with Gasteiger partial charge in [0.05, 0.1) is 13.2 Å². The van der Waals surface area contributed by atoms with E-state index in [4.69, 9.17) is 4.74 Å². The van der Waals surface area contributed by atoms with Crippen molar-refractivity contribution in [3.8, 4) is 0 Å². The molecule has 0 spiro atoms. The monoisotopic (exact) mass is 223 g/mol. The fourth-order valence-electron chi connectivity index (χ4n) is 1.67. The number of morpholine rings is 1. The summed E-state index contributed by atoms with van der Waals surface area (Å²) < 4.78 is 7.01. The maximum Gasteiger partial charge on any atom is 0.274 e. The number of rotatable bonds is 2. The molecule has 2 heterocycles. The fourth-order valence-corrected chi connectivity index (χ4v) is 1.67. The summed E-state index contributed by atoms with van der Waals surface area (Å²) in [6, 6.07) is 2.06. The van der Waals surface area contributed by atoms with Crippen LogP contribution >= 0.6 is 0 Å². The number of carbonyl (C=O) groups excluding carboxylic acids is 1. The molecule has 88 valence electrons. The van der Waals surface area contributed by atoms with Gasteiger partial charge < -0.3 is 9.64 Å². The second-order valence-electron chi connectivity index (χ2n) is 4.18. The third-order valence-corrected chi connectivity index (χ3v) is 2.65. The summed E-state index contributed by atoms with van der Waals surface area (Å²) in [5.74, 6) is 0.00250. The summed E-state index contributed by atoms with van der Waals surface area (Å²) in [5, 5.41) is 4.27. The average Bonchev–Trinajstić information content (AvgIpc) is 2.78. The molecule has 1 fully saturated rings. The van der Waals surface area contributed by atoms with Gasteiger partial charge in [0.1, 0.15) is 5.69 Å². The van der Waals surface area contributed by atoms with Crippen LogP contribution in [0.15, 0.2) is 12.3 Å². The van der Waals surface area contributed by atoms with Gasteiger partial charge in [0, 0.05) is 25.3 Å². The molecule has 0 aromatic carbocycles. The zero-order valence-corrected chi connectivity index (χ0v) is 9.72. The molecule has 0 atom stereocenters. The lowest BCUT2D eigenvalue weighted by molar-refractivity contribution is 0.0298. The fraction of sp³-hybridized carbons (Fsp3) is 0.636. The Bertz CT molecular complexity index is 367. The Kier molecular flexibility index (Phi) is 3.24. The molecule has 1 aliphatic rings. The van der Waals surface area contributed by atoms with E-state index in [1.165, 1.54) is 0 Å². The summed E-state index contributed by atoms with van der Waals surface area (Å²) in [6.07, 6.45) is 1.85. The van der Waals surface area contributed by atoms with Crippen molar-refractivity contribution in [3.63, 3.8) is 0 Å². The van der Waals surface area contributed by atoms with Gasteiger partial charge in [0.25, 0.3) is 5.91 Å². The van der Waals surface area contributed by atoms with E-state index in [0.717, 1.165) is 0 Å². The van der Waals surface area contributed by atoms with E-state index in [0.29, 0.717) is 32.0 Å². The van der Waals surface area contributed by atoms with E-state index >= 15 is 0 Å². The molecule has 16 heavy (non-hydrogen) atoms. The number of nitrogens with zero attached hydrogens (tertiary/aromatic N) is 3. The molecule has 1 saturated heterocycles. The largest absolute Gasteiger partial charge is 0.378 e. The van der Waals surface area contributed by atoms with Crippen molar-refractivity contribution in [1.29, 1.82) is 0 Å². The van der Waals surface area contributed by atoms with Crippen molar-refractivity contribution in [2.24, 2.45) is 0 Å². The van der Waals surface area contributed by atoms with Crippen LogP contribution in [0.5, 0.6) is 0 Å². The number of carbonyl (C=O) groups is 1. The SMILES string of the molecule is CC(C)n1ccc(C(=O)N2CCOCC2)n1. The molecule has 0 bridgehead atoms. The quantitative estimate of drug-likeness (QED) is 0.749. The number of ether oxygens (including phenoxy) is 1. The standard InChI is InChI=1S/C11H17N3O2/c1-9(2)14-4-3-10(12-14)11(15)13-5-7-16-8-6-13/h3-4,9H,5-8H2,1-2H3. The van der Waals surface area contributed by atoms with Crippen molar-refractivity contribution in [3.05, 3.63) is 18.0 Å². The number of hydrogen-bond acceptors (Lipinski definition) is 3. The lowest BCUT2D eigenvalue weighted by Crippen LogP contribution is -2.40. The molecular weight excluding hydrogens is 206 g/mol. The van der Waals surface area contributed by atoms with E-state index in [1.807, 2.05) is 20.0 Å². The van der Waals surface area contributed by atoms with Gasteiger partial charge in [0.2, 0.25) is 0 Å². The zero-order valence-electron chi connectivity index (χ0n) is 9.72.